The van der Waals surface area contributed by atoms with Crippen molar-refractivity contribution in [1.82, 2.24) is 4.98 Å². The number of amides is 1. The zero-order chi connectivity index (χ0) is 22.6. The molecule has 0 aliphatic carbocycles. The lowest BCUT2D eigenvalue weighted by Crippen LogP contribution is -2.10. The van der Waals surface area contributed by atoms with Crippen molar-refractivity contribution < 1.29 is 14.0 Å². The molecule has 0 spiro atoms. The highest BCUT2D eigenvalue weighted by molar-refractivity contribution is 8.13. The number of hydrogen-bond donors (Lipinski definition) is 1. The molecule has 7 heteroatoms. The van der Waals surface area contributed by atoms with E-state index in [-0.39, 0.29) is 16.8 Å². The first-order chi connectivity index (χ1) is 15.6. The van der Waals surface area contributed by atoms with Gasteiger partial charge in [-0.25, -0.2) is 9.37 Å². The molecule has 1 amide bonds. The van der Waals surface area contributed by atoms with Crippen LogP contribution in [0.2, 0.25) is 0 Å². The Labute approximate surface area is 196 Å². The molecule has 1 aromatic heterocycles. The number of aromatic nitrogens is 1. The monoisotopic (exact) mass is 470 g/mol. The zero-order valence-corrected chi connectivity index (χ0v) is 19.5. The van der Waals surface area contributed by atoms with Crippen LogP contribution in [0, 0.1) is 5.82 Å². The van der Waals surface area contributed by atoms with Crippen LogP contribution in [-0.2, 0) is 16.0 Å². The number of hydrogen-bond acceptors (Lipinski definition) is 5. The Morgan fingerprint density at radius 1 is 0.969 bits per heavy atom. The molecular formula is C25H27FN2O2S2. The summed E-state index contributed by atoms with van der Waals surface area (Å²) >= 11 is 2.78. The minimum atomic E-state index is -0.264. The fourth-order valence-electron chi connectivity index (χ4n) is 3.19. The smallest absolute Gasteiger partial charge is 0.226 e. The summed E-state index contributed by atoms with van der Waals surface area (Å²) < 4.78 is 13.1. The number of anilines is 1. The Hall–Kier alpha value is -2.51. The lowest BCUT2D eigenvalue weighted by molar-refractivity contribution is -0.116. The number of carbonyl (C=O) groups is 2. The van der Waals surface area contributed by atoms with Crippen LogP contribution in [0.3, 0.4) is 0 Å². The van der Waals surface area contributed by atoms with E-state index in [1.54, 1.807) is 6.07 Å². The van der Waals surface area contributed by atoms with Crippen molar-refractivity contribution >= 4 is 39.3 Å². The fourth-order valence-corrected chi connectivity index (χ4v) is 4.75. The molecule has 4 nitrogen and oxygen atoms in total. The molecule has 3 rings (SSSR count). The van der Waals surface area contributed by atoms with Gasteiger partial charge in [-0.05, 0) is 37.0 Å². The maximum Gasteiger partial charge on any atom is 0.226 e. The number of thioether (sulfide) groups is 1. The average Bonchev–Trinajstić information content (AvgIpc) is 3.26. The average molecular weight is 471 g/mol. The zero-order valence-electron chi connectivity index (χ0n) is 17.9. The molecule has 32 heavy (non-hydrogen) atoms. The molecule has 3 aromatic rings. The molecule has 1 heterocycles. The van der Waals surface area contributed by atoms with Crippen LogP contribution in [0.1, 0.15) is 44.1 Å². The predicted octanol–water partition coefficient (Wildman–Crippen LogP) is 6.73. The van der Waals surface area contributed by atoms with Crippen LogP contribution in [0.15, 0.2) is 60.0 Å². The van der Waals surface area contributed by atoms with Crippen molar-refractivity contribution in [3.8, 4) is 11.3 Å². The second-order valence-electron chi connectivity index (χ2n) is 7.47. The molecule has 0 saturated heterocycles. The van der Waals surface area contributed by atoms with Crippen LogP contribution < -0.4 is 5.32 Å². The number of thiazole rings is 1. The van der Waals surface area contributed by atoms with Crippen LogP contribution >= 0.6 is 23.1 Å². The van der Waals surface area contributed by atoms with Gasteiger partial charge >= 0.3 is 0 Å². The van der Waals surface area contributed by atoms with E-state index in [1.165, 1.54) is 35.2 Å². The van der Waals surface area contributed by atoms with Crippen molar-refractivity contribution in [2.45, 2.75) is 44.9 Å². The summed E-state index contributed by atoms with van der Waals surface area (Å²) in [6.07, 6.45) is 5.19. The minimum Gasteiger partial charge on any atom is -0.302 e. The SMILES string of the molecule is O=C(CCCCCCSC(=O)CCc1cccc(F)c1)Nc1nc(-c2ccccc2)cs1. The Morgan fingerprint density at radius 2 is 1.78 bits per heavy atom. The molecule has 0 radical (unpaired) electrons. The molecule has 1 N–H and O–H groups in total. The molecule has 0 fully saturated rings. The van der Waals surface area contributed by atoms with Gasteiger partial charge in [0.15, 0.2) is 10.2 Å². The van der Waals surface area contributed by atoms with Crippen molar-refractivity contribution in [1.29, 1.82) is 0 Å². The summed E-state index contributed by atoms with van der Waals surface area (Å²) in [7, 11) is 0. The number of rotatable bonds is 12. The molecule has 0 aliphatic heterocycles. The van der Waals surface area contributed by atoms with Gasteiger partial charge < -0.3 is 5.32 Å². The number of benzene rings is 2. The van der Waals surface area contributed by atoms with Crippen LogP contribution in [0.4, 0.5) is 9.52 Å². The van der Waals surface area contributed by atoms with Crippen LogP contribution in [0.5, 0.6) is 0 Å². The van der Waals surface area contributed by atoms with Gasteiger partial charge in [0, 0.05) is 29.5 Å². The highest BCUT2D eigenvalue weighted by Crippen LogP contribution is 2.24. The molecule has 0 atom stereocenters. The van der Waals surface area contributed by atoms with Crippen molar-refractivity contribution in [2.75, 3.05) is 11.1 Å². The Balaban J connectivity index is 1.22. The van der Waals surface area contributed by atoms with Crippen molar-refractivity contribution in [3.63, 3.8) is 0 Å². The molecule has 0 bridgehead atoms. The van der Waals surface area contributed by atoms with Crippen molar-refractivity contribution in [2.24, 2.45) is 0 Å². The van der Waals surface area contributed by atoms with Gasteiger partial charge in [-0.1, -0.05) is 67.1 Å². The summed E-state index contributed by atoms with van der Waals surface area (Å²) in [4.78, 5) is 28.6. The maximum absolute atomic E-state index is 13.1. The molecule has 0 aliphatic rings. The Kier molecular flexibility index (Phi) is 9.91. The summed E-state index contributed by atoms with van der Waals surface area (Å²) in [6, 6.07) is 16.3. The van der Waals surface area contributed by atoms with Gasteiger partial charge in [0.1, 0.15) is 5.82 Å². The van der Waals surface area contributed by atoms with Gasteiger partial charge in [0.2, 0.25) is 5.91 Å². The quantitative estimate of drug-likeness (QED) is 0.298. The van der Waals surface area contributed by atoms with E-state index < -0.39 is 0 Å². The number of nitrogens with one attached hydrogen (secondary N) is 1. The number of carbonyl (C=O) groups excluding carboxylic acids is 2. The predicted molar refractivity (Wildman–Crippen MR) is 131 cm³/mol. The Morgan fingerprint density at radius 3 is 2.59 bits per heavy atom. The minimum absolute atomic E-state index is 0.0131. The maximum atomic E-state index is 13.1. The number of halogens is 1. The second kappa shape index (κ2) is 13.1. The summed E-state index contributed by atoms with van der Waals surface area (Å²) in [5, 5.41) is 5.59. The van der Waals surface area contributed by atoms with Gasteiger partial charge in [-0.3, -0.25) is 9.59 Å². The van der Waals surface area contributed by atoms with Gasteiger partial charge in [-0.15, -0.1) is 11.3 Å². The number of aryl methyl sites for hydroxylation is 1. The summed E-state index contributed by atoms with van der Waals surface area (Å²) in [5.74, 6) is 0.510. The first-order valence-electron chi connectivity index (χ1n) is 10.8. The highest BCUT2D eigenvalue weighted by Gasteiger charge is 2.08. The second-order valence-corrected chi connectivity index (χ2v) is 9.48. The first-order valence-corrected chi connectivity index (χ1v) is 12.7. The normalized spacial score (nSPS) is 10.8. The third kappa shape index (κ3) is 8.55. The van der Waals surface area contributed by atoms with E-state index in [0.29, 0.717) is 24.4 Å². The standard InChI is InChI=1S/C25H27FN2O2S2/c26-21-12-8-9-19(17-21)14-15-24(30)31-16-7-2-1-6-13-23(29)28-25-27-22(18-32-25)20-10-4-3-5-11-20/h3-5,8-12,17-18H,1-2,6-7,13-16H2,(H,27,28,29). The fraction of sp³-hybridized carbons (Fsp3) is 0.320. The summed E-state index contributed by atoms with van der Waals surface area (Å²) in [6.45, 7) is 0. The number of unbranched alkanes of at least 4 members (excludes halogenated alkanes) is 3. The molecular weight excluding hydrogens is 443 g/mol. The van der Waals surface area contributed by atoms with Crippen molar-refractivity contribution in [3.05, 3.63) is 71.4 Å². The lowest BCUT2D eigenvalue weighted by atomic mass is 10.1. The lowest BCUT2D eigenvalue weighted by Gasteiger charge is -2.03. The van der Waals surface area contributed by atoms with Gasteiger partial charge in [0.25, 0.3) is 0 Å². The van der Waals surface area contributed by atoms with Crippen LogP contribution in [0.25, 0.3) is 11.3 Å². The highest BCUT2D eigenvalue weighted by atomic mass is 32.2. The topological polar surface area (TPSA) is 59.1 Å². The van der Waals surface area contributed by atoms with E-state index >= 15 is 0 Å². The third-order valence-corrected chi connectivity index (χ3v) is 6.66. The van der Waals surface area contributed by atoms with E-state index in [2.05, 4.69) is 10.3 Å². The van der Waals surface area contributed by atoms with E-state index in [4.69, 9.17) is 0 Å². The third-order valence-electron chi connectivity index (χ3n) is 4.89. The molecule has 0 saturated carbocycles. The molecule has 2 aromatic carbocycles. The number of nitrogens with zero attached hydrogens (tertiary/aromatic N) is 1. The Bertz CT molecular complexity index is 1010. The first kappa shape index (κ1) is 24.1. The largest absolute Gasteiger partial charge is 0.302 e. The molecule has 0 unspecified atom stereocenters. The van der Waals surface area contributed by atoms with Crippen LogP contribution in [-0.4, -0.2) is 21.8 Å². The van der Waals surface area contributed by atoms with E-state index in [9.17, 15) is 14.0 Å². The summed E-state index contributed by atoms with van der Waals surface area (Å²) in [5.41, 5.74) is 2.76. The van der Waals surface area contributed by atoms with Gasteiger partial charge in [-0.2, -0.15) is 0 Å². The van der Waals surface area contributed by atoms with E-state index in [1.807, 2.05) is 41.8 Å². The molecule has 168 valence electrons. The van der Waals surface area contributed by atoms with Gasteiger partial charge in [0.05, 0.1) is 5.69 Å². The van der Waals surface area contributed by atoms with E-state index in [0.717, 1.165) is 48.3 Å².